The molecule has 8 heteroatoms. The van der Waals surface area contributed by atoms with E-state index in [1.165, 1.54) is 0 Å². The first kappa shape index (κ1) is 17.1. The number of quaternary nitrogens is 1. The summed E-state index contributed by atoms with van der Waals surface area (Å²) in [5.41, 5.74) is 11.6. The number of rotatable bonds is 8. The first-order valence-corrected chi connectivity index (χ1v) is 6.73. The first-order chi connectivity index (χ1) is 9.61. The first-order valence-electron chi connectivity index (χ1n) is 6.73. The van der Waals surface area contributed by atoms with Crippen LogP contribution in [0.5, 0.6) is 0 Å². The number of hydrogen-bond donors (Lipinski definition) is 4. The number of aryl methyl sites for hydroxylation is 1. The van der Waals surface area contributed by atoms with Gasteiger partial charge in [-0.15, -0.1) is 0 Å². The maximum absolute atomic E-state index is 11.5. The fourth-order valence-electron chi connectivity index (χ4n) is 2.15. The lowest BCUT2D eigenvalue weighted by Crippen LogP contribution is -2.52. The average molecular weight is 298 g/mol. The van der Waals surface area contributed by atoms with Crippen molar-refractivity contribution in [3.63, 3.8) is 0 Å². The molecule has 0 radical (unpaired) electrons. The Morgan fingerprint density at radius 1 is 1.43 bits per heavy atom. The minimum absolute atomic E-state index is 0.191. The molecule has 8 nitrogen and oxygen atoms in total. The minimum Gasteiger partial charge on any atom is -0.480 e. The molecule has 21 heavy (non-hydrogen) atoms. The van der Waals surface area contributed by atoms with E-state index in [4.69, 9.17) is 16.6 Å². The molecule has 2 atom stereocenters. The van der Waals surface area contributed by atoms with Crippen LogP contribution in [0.4, 0.5) is 0 Å². The molecule has 0 bridgehead atoms. The Morgan fingerprint density at radius 2 is 2.05 bits per heavy atom. The molecule has 1 aromatic heterocycles. The third-order valence-electron chi connectivity index (χ3n) is 3.36. The van der Waals surface area contributed by atoms with E-state index in [1.807, 2.05) is 21.1 Å². The molecule has 0 aliphatic rings. The predicted molar refractivity (Wildman–Crippen MR) is 77.2 cm³/mol. The van der Waals surface area contributed by atoms with E-state index < -0.39 is 12.0 Å². The number of amides is 1. The smallest absolute Gasteiger partial charge is 0.320 e. The van der Waals surface area contributed by atoms with Crippen LogP contribution in [0.25, 0.3) is 0 Å². The number of aromatic nitrogens is 2. The van der Waals surface area contributed by atoms with Crippen molar-refractivity contribution < 1.29 is 19.2 Å². The van der Waals surface area contributed by atoms with Gasteiger partial charge in [0.2, 0.25) is 0 Å². The zero-order valence-corrected chi connectivity index (χ0v) is 12.7. The van der Waals surface area contributed by atoms with Gasteiger partial charge in [0.15, 0.2) is 6.04 Å². The summed E-state index contributed by atoms with van der Waals surface area (Å²) in [6.07, 6.45) is 2.89. The molecular formula is C13H24N5O3+. The summed E-state index contributed by atoms with van der Waals surface area (Å²) in [6.45, 7) is 0. The predicted octanol–water partition coefficient (Wildman–Crippen LogP) is -1.14. The SMILES string of the molecule is C[N+](C)(C)[C@@H](CCc1ncc(C[C@H](N)C(=O)O)[nH]1)C(N)=O. The number of aliphatic carboxylic acids is 1. The number of nitrogens with zero attached hydrogens (tertiary/aromatic N) is 2. The highest BCUT2D eigenvalue weighted by atomic mass is 16.4. The maximum Gasteiger partial charge on any atom is 0.320 e. The Morgan fingerprint density at radius 3 is 2.52 bits per heavy atom. The number of carbonyl (C=O) groups excluding carboxylic acids is 1. The monoisotopic (exact) mass is 298 g/mol. The van der Waals surface area contributed by atoms with Crippen LogP contribution in [0.2, 0.25) is 0 Å². The van der Waals surface area contributed by atoms with Crippen LogP contribution in [-0.4, -0.2) is 64.7 Å². The van der Waals surface area contributed by atoms with Gasteiger partial charge in [0.05, 0.1) is 21.1 Å². The third-order valence-corrected chi connectivity index (χ3v) is 3.36. The van der Waals surface area contributed by atoms with Crippen LogP contribution in [-0.2, 0) is 22.4 Å². The van der Waals surface area contributed by atoms with Gasteiger partial charge >= 0.3 is 5.97 Å². The number of nitrogens with one attached hydrogen (secondary N) is 1. The summed E-state index contributed by atoms with van der Waals surface area (Å²) in [6, 6.07) is -1.26. The molecule has 1 heterocycles. The van der Waals surface area contributed by atoms with E-state index in [9.17, 15) is 9.59 Å². The molecule has 118 valence electrons. The van der Waals surface area contributed by atoms with Crippen molar-refractivity contribution in [3.05, 3.63) is 17.7 Å². The van der Waals surface area contributed by atoms with Crippen LogP contribution in [0.3, 0.4) is 0 Å². The minimum atomic E-state index is -1.05. The number of imidazole rings is 1. The third kappa shape index (κ3) is 5.16. The highest BCUT2D eigenvalue weighted by Gasteiger charge is 2.29. The normalized spacial score (nSPS) is 14.7. The Labute approximate surface area is 123 Å². The van der Waals surface area contributed by atoms with Crippen molar-refractivity contribution in [2.24, 2.45) is 11.5 Å². The van der Waals surface area contributed by atoms with Gasteiger partial charge < -0.3 is 26.0 Å². The summed E-state index contributed by atoms with van der Waals surface area (Å²) >= 11 is 0. The summed E-state index contributed by atoms with van der Waals surface area (Å²) in [7, 11) is 5.73. The summed E-state index contributed by atoms with van der Waals surface area (Å²) < 4.78 is 0.451. The van der Waals surface area contributed by atoms with Gasteiger partial charge in [0.1, 0.15) is 11.9 Å². The Balaban J connectivity index is 2.62. The highest BCUT2D eigenvalue weighted by molar-refractivity contribution is 5.78. The Hall–Kier alpha value is -1.93. The number of carbonyl (C=O) groups is 2. The fraction of sp³-hybridized carbons (Fsp3) is 0.615. The van der Waals surface area contributed by atoms with E-state index in [1.54, 1.807) is 6.20 Å². The molecule has 0 aliphatic heterocycles. The van der Waals surface area contributed by atoms with Gasteiger partial charge in [-0.1, -0.05) is 0 Å². The number of nitrogens with two attached hydrogens (primary N) is 2. The lowest BCUT2D eigenvalue weighted by molar-refractivity contribution is -0.886. The highest BCUT2D eigenvalue weighted by Crippen LogP contribution is 2.11. The van der Waals surface area contributed by atoms with Crippen LogP contribution >= 0.6 is 0 Å². The van der Waals surface area contributed by atoms with Crippen LogP contribution in [0, 0.1) is 0 Å². The molecule has 1 rings (SSSR count). The Bertz CT molecular complexity index is 506. The average Bonchev–Trinajstić information content (AvgIpc) is 2.74. The van der Waals surface area contributed by atoms with Gasteiger partial charge in [-0.3, -0.25) is 9.59 Å². The van der Waals surface area contributed by atoms with Crippen molar-refractivity contribution in [2.75, 3.05) is 21.1 Å². The van der Waals surface area contributed by atoms with E-state index in [-0.39, 0.29) is 18.4 Å². The van der Waals surface area contributed by atoms with Crippen molar-refractivity contribution in [1.82, 2.24) is 9.97 Å². The Kier molecular flexibility index (Phi) is 5.45. The van der Waals surface area contributed by atoms with Crippen molar-refractivity contribution in [2.45, 2.75) is 31.3 Å². The standard InChI is InChI=1S/C13H23N5O3/c1-18(2,3)10(12(15)19)4-5-11-16-7-8(17-11)6-9(14)13(20)21/h7,9-10H,4-6,14H2,1-3H3,(H3-,15,16,17,19,20,21)/p+1/t9-,10-/m0/s1. The zero-order chi connectivity index (χ0) is 16.2. The molecule has 0 saturated heterocycles. The number of primary amides is 1. The van der Waals surface area contributed by atoms with E-state index >= 15 is 0 Å². The van der Waals surface area contributed by atoms with E-state index in [2.05, 4.69) is 9.97 Å². The second-order valence-corrected chi connectivity index (χ2v) is 6.08. The summed E-state index contributed by atoms with van der Waals surface area (Å²) in [4.78, 5) is 29.4. The quantitative estimate of drug-likeness (QED) is 0.450. The topological polar surface area (TPSA) is 135 Å². The second-order valence-electron chi connectivity index (χ2n) is 6.08. The molecular weight excluding hydrogens is 274 g/mol. The molecule has 1 aromatic rings. The van der Waals surface area contributed by atoms with Crippen LogP contribution in [0.15, 0.2) is 6.20 Å². The maximum atomic E-state index is 11.5. The van der Waals surface area contributed by atoms with Gasteiger partial charge in [0, 0.05) is 31.2 Å². The molecule has 0 spiro atoms. The molecule has 1 amide bonds. The molecule has 0 saturated carbocycles. The molecule has 0 fully saturated rings. The second kappa shape index (κ2) is 6.68. The summed E-state index contributed by atoms with van der Waals surface area (Å²) in [5, 5.41) is 8.76. The zero-order valence-electron chi connectivity index (χ0n) is 12.7. The number of H-pyrrole nitrogens is 1. The molecule has 0 aromatic carbocycles. The van der Waals surface area contributed by atoms with Gasteiger partial charge in [-0.25, -0.2) is 4.98 Å². The number of likely N-dealkylation sites (N-methyl/N-ethyl adjacent to an activating group) is 1. The van der Waals surface area contributed by atoms with Gasteiger partial charge in [-0.2, -0.15) is 0 Å². The number of hydrogen-bond acceptors (Lipinski definition) is 4. The largest absolute Gasteiger partial charge is 0.480 e. The van der Waals surface area contributed by atoms with Crippen molar-refractivity contribution in [1.29, 1.82) is 0 Å². The molecule has 6 N–H and O–H groups in total. The van der Waals surface area contributed by atoms with Gasteiger partial charge in [-0.05, 0) is 0 Å². The van der Waals surface area contributed by atoms with Crippen molar-refractivity contribution in [3.8, 4) is 0 Å². The lowest BCUT2D eigenvalue weighted by atomic mass is 10.1. The molecule has 0 unspecified atom stereocenters. The van der Waals surface area contributed by atoms with E-state index in [0.717, 1.165) is 0 Å². The summed E-state index contributed by atoms with van der Waals surface area (Å²) in [5.74, 6) is -0.700. The number of carboxylic acid groups (broad SMARTS) is 1. The van der Waals surface area contributed by atoms with Crippen LogP contribution < -0.4 is 11.5 Å². The van der Waals surface area contributed by atoms with Crippen molar-refractivity contribution >= 4 is 11.9 Å². The lowest BCUT2D eigenvalue weighted by Gasteiger charge is -2.31. The molecule has 0 aliphatic carbocycles. The number of aromatic amines is 1. The fourth-order valence-corrected chi connectivity index (χ4v) is 2.15. The van der Waals surface area contributed by atoms with Gasteiger partial charge in [0.25, 0.3) is 5.91 Å². The van der Waals surface area contributed by atoms with E-state index in [0.29, 0.717) is 28.8 Å². The number of carboxylic acids is 1. The van der Waals surface area contributed by atoms with Crippen LogP contribution in [0.1, 0.15) is 17.9 Å².